The molecule has 0 unspecified atom stereocenters. The lowest BCUT2D eigenvalue weighted by Gasteiger charge is -2.09. The molecule has 114 valence electrons. The lowest BCUT2D eigenvalue weighted by molar-refractivity contribution is -0.137. The van der Waals surface area contributed by atoms with Crippen molar-refractivity contribution in [1.82, 2.24) is 5.32 Å². The number of benzene rings is 1. The van der Waals surface area contributed by atoms with Crippen LogP contribution in [0.3, 0.4) is 0 Å². The molecule has 1 aromatic carbocycles. The predicted molar refractivity (Wildman–Crippen MR) is 80.5 cm³/mol. The van der Waals surface area contributed by atoms with E-state index < -0.39 is 11.7 Å². The van der Waals surface area contributed by atoms with E-state index in [2.05, 4.69) is 16.9 Å². The number of likely N-dealkylation sites (N-methyl/N-ethyl adjacent to an activating group) is 1. The molecule has 0 aromatic heterocycles. The molecule has 0 saturated carbocycles. The Labute approximate surface area is 123 Å². The number of nitrogens with zero attached hydrogens (tertiary/aromatic N) is 1. The Bertz CT molecular complexity index is 543. The molecule has 0 fully saturated rings. The summed E-state index contributed by atoms with van der Waals surface area (Å²) in [4.78, 5) is 4.30. The Morgan fingerprint density at radius 3 is 2.67 bits per heavy atom. The zero-order valence-electron chi connectivity index (χ0n) is 12.2. The lowest BCUT2D eigenvalue weighted by Crippen LogP contribution is -2.09. The van der Waals surface area contributed by atoms with E-state index in [-0.39, 0.29) is 0 Å². The van der Waals surface area contributed by atoms with Gasteiger partial charge < -0.3 is 5.32 Å². The van der Waals surface area contributed by atoms with E-state index >= 15 is 0 Å². The highest BCUT2D eigenvalue weighted by Crippen LogP contribution is 2.29. The van der Waals surface area contributed by atoms with Crippen molar-refractivity contribution in [2.45, 2.75) is 19.5 Å². The number of alkyl halides is 3. The molecular weight excluding hydrogens is 277 g/mol. The molecule has 0 bridgehead atoms. The van der Waals surface area contributed by atoms with Crippen LogP contribution in [0.5, 0.6) is 0 Å². The van der Waals surface area contributed by atoms with Crippen molar-refractivity contribution in [2.75, 3.05) is 13.6 Å². The van der Waals surface area contributed by atoms with Crippen LogP contribution in [0.2, 0.25) is 0 Å². The summed E-state index contributed by atoms with van der Waals surface area (Å²) >= 11 is 0. The molecule has 0 amide bonds. The van der Waals surface area contributed by atoms with E-state index in [1.807, 2.05) is 14.0 Å². The number of hydrogen-bond donors (Lipinski definition) is 1. The number of aliphatic imine (C=N–C) groups is 1. The first kappa shape index (κ1) is 17.2. The van der Waals surface area contributed by atoms with Crippen LogP contribution in [0.4, 0.5) is 13.2 Å². The molecule has 1 rings (SSSR count). The maximum Gasteiger partial charge on any atom is 0.416 e. The van der Waals surface area contributed by atoms with Gasteiger partial charge in [0.15, 0.2) is 0 Å². The van der Waals surface area contributed by atoms with Gasteiger partial charge in [0.2, 0.25) is 0 Å². The zero-order chi connectivity index (χ0) is 15.9. The highest BCUT2D eigenvalue weighted by atomic mass is 19.4. The van der Waals surface area contributed by atoms with Crippen molar-refractivity contribution in [3.05, 3.63) is 59.8 Å². The van der Waals surface area contributed by atoms with Gasteiger partial charge in [0.1, 0.15) is 0 Å². The highest BCUT2D eigenvalue weighted by Gasteiger charge is 2.30. The second-order valence-electron chi connectivity index (χ2n) is 4.65. The summed E-state index contributed by atoms with van der Waals surface area (Å²) in [5.74, 6) is 0. The number of nitrogens with one attached hydrogen (secondary N) is 1. The van der Waals surface area contributed by atoms with Crippen LogP contribution in [0.15, 0.2) is 53.7 Å². The fourth-order valence-corrected chi connectivity index (χ4v) is 1.77. The topological polar surface area (TPSA) is 24.4 Å². The predicted octanol–water partition coefficient (Wildman–Crippen LogP) is 4.19. The molecule has 0 saturated heterocycles. The minimum Gasteiger partial charge on any atom is -0.316 e. The fraction of sp³-hybridized carbons (Fsp3) is 0.312. The first-order chi connectivity index (χ1) is 9.88. The second-order valence-corrected chi connectivity index (χ2v) is 4.65. The van der Waals surface area contributed by atoms with Gasteiger partial charge >= 0.3 is 6.18 Å². The van der Waals surface area contributed by atoms with Gasteiger partial charge in [0.05, 0.1) is 11.3 Å². The van der Waals surface area contributed by atoms with Crippen molar-refractivity contribution >= 4 is 5.71 Å². The third kappa shape index (κ3) is 5.55. The fourth-order valence-electron chi connectivity index (χ4n) is 1.77. The van der Waals surface area contributed by atoms with Crippen LogP contribution < -0.4 is 5.32 Å². The van der Waals surface area contributed by atoms with Crippen LogP contribution in [-0.4, -0.2) is 19.3 Å². The van der Waals surface area contributed by atoms with Crippen molar-refractivity contribution in [3.63, 3.8) is 0 Å². The Morgan fingerprint density at radius 2 is 2.10 bits per heavy atom. The molecule has 0 aliphatic carbocycles. The van der Waals surface area contributed by atoms with Crippen LogP contribution in [0.25, 0.3) is 0 Å². The van der Waals surface area contributed by atoms with Crippen LogP contribution in [-0.2, 0) is 6.18 Å². The van der Waals surface area contributed by atoms with E-state index in [9.17, 15) is 13.2 Å². The van der Waals surface area contributed by atoms with Gasteiger partial charge in [0, 0.05) is 19.2 Å². The molecule has 0 aliphatic heterocycles. The largest absolute Gasteiger partial charge is 0.416 e. The van der Waals surface area contributed by atoms with Gasteiger partial charge in [-0.1, -0.05) is 18.2 Å². The van der Waals surface area contributed by atoms with Gasteiger partial charge in [-0.25, -0.2) is 0 Å². The van der Waals surface area contributed by atoms with E-state index in [0.29, 0.717) is 24.2 Å². The summed E-state index contributed by atoms with van der Waals surface area (Å²) in [5.41, 5.74) is 1.34. The Hall–Kier alpha value is -1.88. The Kier molecular flexibility index (Phi) is 6.37. The summed E-state index contributed by atoms with van der Waals surface area (Å²) in [5, 5.41) is 2.99. The van der Waals surface area contributed by atoms with E-state index in [0.717, 1.165) is 17.7 Å². The van der Waals surface area contributed by atoms with Gasteiger partial charge in [-0.05, 0) is 37.2 Å². The molecule has 0 spiro atoms. The number of rotatable bonds is 6. The van der Waals surface area contributed by atoms with Crippen molar-refractivity contribution in [1.29, 1.82) is 0 Å². The Morgan fingerprint density at radius 1 is 1.38 bits per heavy atom. The SMILES string of the molecule is C=CCC(=N/C=C(\C)CNC)c1cccc(C(F)(F)F)c1. The molecule has 1 N–H and O–H groups in total. The van der Waals surface area contributed by atoms with Crippen molar-refractivity contribution in [2.24, 2.45) is 4.99 Å². The van der Waals surface area contributed by atoms with E-state index in [1.165, 1.54) is 6.07 Å². The average molecular weight is 296 g/mol. The average Bonchev–Trinajstić information content (AvgIpc) is 2.43. The van der Waals surface area contributed by atoms with Crippen molar-refractivity contribution in [3.8, 4) is 0 Å². The lowest BCUT2D eigenvalue weighted by atomic mass is 10.0. The summed E-state index contributed by atoms with van der Waals surface area (Å²) < 4.78 is 38.3. The monoisotopic (exact) mass is 296 g/mol. The third-order valence-electron chi connectivity index (χ3n) is 2.76. The maximum atomic E-state index is 12.8. The summed E-state index contributed by atoms with van der Waals surface area (Å²) in [6.45, 7) is 6.20. The standard InChI is InChI=1S/C16H19F3N2/c1-4-6-15(21-11-12(2)10-20-3)13-7-5-8-14(9-13)16(17,18)19/h4-5,7-9,11,20H,1,6,10H2,2-3H3/b12-11+,21-15?. The molecule has 2 nitrogen and oxygen atoms in total. The van der Waals surface area contributed by atoms with Crippen LogP contribution in [0, 0.1) is 0 Å². The zero-order valence-corrected chi connectivity index (χ0v) is 12.2. The smallest absolute Gasteiger partial charge is 0.316 e. The highest BCUT2D eigenvalue weighted by molar-refractivity contribution is 6.01. The molecular formula is C16H19F3N2. The van der Waals surface area contributed by atoms with Crippen molar-refractivity contribution < 1.29 is 13.2 Å². The molecule has 0 heterocycles. The summed E-state index contributed by atoms with van der Waals surface area (Å²) in [6, 6.07) is 5.18. The van der Waals surface area contributed by atoms with Gasteiger partial charge in [-0.3, -0.25) is 4.99 Å². The van der Waals surface area contributed by atoms with Gasteiger partial charge in [-0.2, -0.15) is 13.2 Å². The first-order valence-electron chi connectivity index (χ1n) is 6.54. The van der Waals surface area contributed by atoms with Gasteiger partial charge in [0.25, 0.3) is 0 Å². The second kappa shape index (κ2) is 7.78. The number of hydrogen-bond acceptors (Lipinski definition) is 2. The third-order valence-corrected chi connectivity index (χ3v) is 2.76. The molecule has 0 aliphatic rings. The summed E-state index contributed by atoms with van der Waals surface area (Å²) in [6.07, 6.45) is -0.659. The maximum absolute atomic E-state index is 12.8. The summed E-state index contributed by atoms with van der Waals surface area (Å²) in [7, 11) is 1.82. The molecule has 1 aromatic rings. The van der Waals surface area contributed by atoms with E-state index in [1.54, 1.807) is 18.3 Å². The van der Waals surface area contributed by atoms with E-state index in [4.69, 9.17) is 0 Å². The Balaban J connectivity index is 3.14. The first-order valence-corrected chi connectivity index (χ1v) is 6.54. The normalized spacial score (nSPS) is 13.4. The number of allylic oxidation sites excluding steroid dienone is 1. The molecule has 0 radical (unpaired) electrons. The minimum atomic E-state index is -4.35. The van der Waals surface area contributed by atoms with Gasteiger partial charge in [-0.15, -0.1) is 6.58 Å². The number of halogens is 3. The molecule has 5 heteroatoms. The van der Waals surface area contributed by atoms with Crippen LogP contribution in [0.1, 0.15) is 24.5 Å². The van der Waals surface area contributed by atoms with Crippen LogP contribution >= 0.6 is 0 Å². The molecule has 0 atom stereocenters. The minimum absolute atomic E-state index is 0.407. The molecule has 21 heavy (non-hydrogen) atoms. The quantitative estimate of drug-likeness (QED) is 0.617.